The Labute approximate surface area is 124 Å². The van der Waals surface area contributed by atoms with Gasteiger partial charge in [0.25, 0.3) is 0 Å². The molecule has 0 saturated carbocycles. The van der Waals surface area contributed by atoms with E-state index in [0.29, 0.717) is 0 Å². The van der Waals surface area contributed by atoms with Gasteiger partial charge in [0.15, 0.2) is 0 Å². The predicted molar refractivity (Wildman–Crippen MR) is 91.7 cm³/mol. The highest BCUT2D eigenvalue weighted by Crippen LogP contribution is 2.31. The van der Waals surface area contributed by atoms with Gasteiger partial charge in [0.2, 0.25) is 0 Å². The highest BCUT2D eigenvalue weighted by atomic mass is 15.1. The number of anilines is 2. The van der Waals surface area contributed by atoms with Crippen molar-refractivity contribution in [2.24, 2.45) is 0 Å². The van der Waals surface area contributed by atoms with Crippen molar-refractivity contribution in [2.45, 2.75) is 20.7 Å². The smallest absolute Gasteiger partial charge is 0.0606 e. The molecule has 2 aromatic rings. The number of hydrogen-bond acceptors (Lipinski definition) is 2. The minimum atomic E-state index is 0.804. The Balaban J connectivity index is 0.000000956. The summed E-state index contributed by atoms with van der Waals surface area (Å²) in [5, 5.41) is 0. The fourth-order valence-corrected chi connectivity index (χ4v) is 2.27. The van der Waals surface area contributed by atoms with Gasteiger partial charge in [-0.05, 0) is 54.3 Å². The summed E-state index contributed by atoms with van der Waals surface area (Å²) in [6.45, 7) is 5.85. The SMILES string of the molecule is Cc1c(-c2ccc(N)cc2)ccc(N(C)C)c1C.[B]C. The summed E-state index contributed by atoms with van der Waals surface area (Å²) in [6.07, 6.45) is 0. The summed E-state index contributed by atoms with van der Waals surface area (Å²) < 4.78 is 0. The first-order chi connectivity index (χ1) is 9.50. The van der Waals surface area contributed by atoms with Gasteiger partial charge in [-0.25, -0.2) is 0 Å². The van der Waals surface area contributed by atoms with Gasteiger partial charge in [-0.15, -0.1) is 0 Å². The predicted octanol–water partition coefficient (Wildman–Crippen LogP) is 3.82. The van der Waals surface area contributed by atoms with Crippen molar-refractivity contribution in [3.05, 3.63) is 47.5 Å². The Kier molecular flexibility index (Phi) is 5.69. The Hall–Kier alpha value is -1.90. The van der Waals surface area contributed by atoms with Crippen molar-refractivity contribution < 1.29 is 0 Å². The average molecular weight is 266 g/mol. The van der Waals surface area contributed by atoms with Crippen LogP contribution >= 0.6 is 0 Å². The van der Waals surface area contributed by atoms with Gasteiger partial charge < -0.3 is 10.6 Å². The first-order valence-electron chi connectivity index (χ1n) is 6.72. The molecular weight excluding hydrogens is 243 g/mol. The highest BCUT2D eigenvalue weighted by molar-refractivity contribution is 6.05. The molecular formula is C17H23BN2. The summed E-state index contributed by atoms with van der Waals surface area (Å²) in [4.78, 5) is 2.15. The van der Waals surface area contributed by atoms with Crippen LogP contribution in [0.15, 0.2) is 36.4 Å². The lowest BCUT2D eigenvalue weighted by Crippen LogP contribution is -2.11. The molecule has 2 nitrogen and oxygen atoms in total. The molecule has 2 N–H and O–H groups in total. The van der Waals surface area contributed by atoms with E-state index in [0.717, 1.165) is 5.69 Å². The normalized spacial score (nSPS) is 9.65. The van der Waals surface area contributed by atoms with Crippen LogP contribution in [-0.4, -0.2) is 21.9 Å². The molecule has 0 aliphatic carbocycles. The molecule has 104 valence electrons. The summed E-state index contributed by atoms with van der Waals surface area (Å²) in [5.74, 6) is 0. The van der Waals surface area contributed by atoms with Crippen LogP contribution in [0.25, 0.3) is 11.1 Å². The molecule has 20 heavy (non-hydrogen) atoms. The molecule has 0 spiro atoms. The zero-order valence-electron chi connectivity index (χ0n) is 13.1. The van der Waals surface area contributed by atoms with Gasteiger partial charge in [0.1, 0.15) is 0 Å². The third-order valence-corrected chi connectivity index (χ3v) is 3.46. The van der Waals surface area contributed by atoms with E-state index in [1.807, 2.05) is 12.1 Å². The van der Waals surface area contributed by atoms with Crippen LogP contribution in [-0.2, 0) is 0 Å². The molecule has 0 saturated heterocycles. The lowest BCUT2D eigenvalue weighted by atomic mass is 9.95. The Morgan fingerprint density at radius 2 is 1.40 bits per heavy atom. The third-order valence-electron chi connectivity index (χ3n) is 3.46. The molecule has 2 radical (unpaired) electrons. The molecule has 0 amide bonds. The van der Waals surface area contributed by atoms with Gasteiger partial charge in [0, 0.05) is 25.5 Å². The summed E-state index contributed by atoms with van der Waals surface area (Å²) in [5.41, 5.74) is 13.0. The van der Waals surface area contributed by atoms with Gasteiger partial charge in [0.05, 0.1) is 7.85 Å². The fourth-order valence-electron chi connectivity index (χ4n) is 2.27. The first kappa shape index (κ1) is 16.2. The Bertz CT molecular complexity index is 560. The van der Waals surface area contributed by atoms with Crippen LogP contribution in [0.5, 0.6) is 0 Å². The van der Waals surface area contributed by atoms with E-state index in [1.54, 1.807) is 0 Å². The number of benzene rings is 2. The van der Waals surface area contributed by atoms with Gasteiger partial charge >= 0.3 is 0 Å². The van der Waals surface area contributed by atoms with Crippen molar-refractivity contribution in [2.75, 3.05) is 24.7 Å². The van der Waals surface area contributed by atoms with Crippen LogP contribution in [0.1, 0.15) is 11.1 Å². The summed E-state index contributed by atoms with van der Waals surface area (Å²) in [7, 11) is 8.65. The van der Waals surface area contributed by atoms with Crippen molar-refractivity contribution >= 4 is 19.2 Å². The Morgan fingerprint density at radius 1 is 0.850 bits per heavy atom. The second-order valence-corrected chi connectivity index (χ2v) is 4.90. The number of nitrogen functional groups attached to an aromatic ring is 1. The standard InChI is InChI=1S/C16H20N2.CH3B/c1-11-12(2)16(18(3)4)10-9-15(11)13-5-7-14(17)8-6-13;1-2/h5-10H,17H2,1-4H3;1H3. The minimum Gasteiger partial charge on any atom is -0.399 e. The van der Waals surface area contributed by atoms with Crippen LogP contribution in [0.2, 0.25) is 6.82 Å². The zero-order chi connectivity index (χ0) is 15.3. The summed E-state index contributed by atoms with van der Waals surface area (Å²) in [6, 6.07) is 12.4. The van der Waals surface area contributed by atoms with Crippen LogP contribution < -0.4 is 10.6 Å². The second kappa shape index (κ2) is 7.04. The molecule has 0 fully saturated rings. The van der Waals surface area contributed by atoms with E-state index in [2.05, 4.69) is 65.0 Å². The number of rotatable bonds is 2. The van der Waals surface area contributed by atoms with Crippen molar-refractivity contribution in [3.63, 3.8) is 0 Å². The largest absolute Gasteiger partial charge is 0.399 e. The van der Waals surface area contributed by atoms with E-state index in [1.165, 1.54) is 34.8 Å². The van der Waals surface area contributed by atoms with Crippen molar-refractivity contribution in [1.82, 2.24) is 0 Å². The molecule has 3 heteroatoms. The first-order valence-corrected chi connectivity index (χ1v) is 6.72. The molecule has 0 heterocycles. The monoisotopic (exact) mass is 266 g/mol. The maximum atomic E-state index is 5.73. The van der Waals surface area contributed by atoms with Crippen LogP contribution in [0.4, 0.5) is 11.4 Å². The van der Waals surface area contributed by atoms with E-state index in [9.17, 15) is 0 Å². The number of nitrogens with zero attached hydrogens (tertiary/aromatic N) is 1. The van der Waals surface area contributed by atoms with Gasteiger partial charge in [-0.1, -0.05) is 25.0 Å². The quantitative estimate of drug-likeness (QED) is 0.661. The van der Waals surface area contributed by atoms with Gasteiger partial charge in [-0.2, -0.15) is 0 Å². The molecule has 2 rings (SSSR count). The van der Waals surface area contributed by atoms with Crippen molar-refractivity contribution in [1.29, 1.82) is 0 Å². The summed E-state index contributed by atoms with van der Waals surface area (Å²) >= 11 is 0. The number of nitrogens with two attached hydrogens (primary N) is 1. The molecule has 0 aromatic heterocycles. The lowest BCUT2D eigenvalue weighted by Gasteiger charge is -2.19. The topological polar surface area (TPSA) is 29.3 Å². The maximum Gasteiger partial charge on any atom is 0.0606 e. The van der Waals surface area contributed by atoms with E-state index < -0.39 is 0 Å². The molecule has 0 unspecified atom stereocenters. The van der Waals surface area contributed by atoms with E-state index in [-0.39, 0.29) is 0 Å². The molecule has 0 atom stereocenters. The number of hydrogen-bond donors (Lipinski definition) is 1. The fraction of sp³-hybridized carbons (Fsp3) is 0.294. The van der Waals surface area contributed by atoms with Crippen LogP contribution in [0.3, 0.4) is 0 Å². The van der Waals surface area contributed by atoms with Gasteiger partial charge in [-0.3, -0.25) is 0 Å². The van der Waals surface area contributed by atoms with E-state index >= 15 is 0 Å². The van der Waals surface area contributed by atoms with Crippen LogP contribution in [0, 0.1) is 13.8 Å². The molecule has 2 aromatic carbocycles. The third kappa shape index (κ3) is 3.35. The maximum absolute atomic E-state index is 5.73. The Morgan fingerprint density at radius 3 is 1.90 bits per heavy atom. The second-order valence-electron chi connectivity index (χ2n) is 4.90. The molecule has 0 aliphatic heterocycles. The lowest BCUT2D eigenvalue weighted by molar-refractivity contribution is 1.11. The highest BCUT2D eigenvalue weighted by Gasteiger charge is 2.09. The van der Waals surface area contributed by atoms with E-state index in [4.69, 9.17) is 5.73 Å². The minimum absolute atomic E-state index is 0.804. The molecule has 0 bridgehead atoms. The van der Waals surface area contributed by atoms with Crippen molar-refractivity contribution in [3.8, 4) is 11.1 Å². The average Bonchev–Trinajstić information content (AvgIpc) is 2.45. The zero-order valence-corrected chi connectivity index (χ0v) is 13.1. The molecule has 0 aliphatic rings.